The van der Waals surface area contributed by atoms with Crippen LogP contribution in [0.1, 0.15) is 41.8 Å². The molecular formula is C23H27ClN2O2. The van der Waals surface area contributed by atoms with Gasteiger partial charge in [0.2, 0.25) is 0 Å². The number of hydrogen-bond acceptors (Lipinski definition) is 3. The molecule has 2 heterocycles. The lowest BCUT2D eigenvalue weighted by Crippen LogP contribution is -2.45. The molecule has 0 spiro atoms. The van der Waals surface area contributed by atoms with Crippen LogP contribution in [0.25, 0.3) is 21.7 Å². The van der Waals surface area contributed by atoms with Crippen LogP contribution in [0.4, 0.5) is 0 Å². The Morgan fingerprint density at radius 1 is 1.07 bits per heavy atom. The molecule has 0 atom stereocenters. The summed E-state index contributed by atoms with van der Waals surface area (Å²) in [5, 5.41) is 6.92. The average Bonchev–Trinajstić information content (AvgIpc) is 3.48. The van der Waals surface area contributed by atoms with Gasteiger partial charge >= 0.3 is 0 Å². The molecule has 0 radical (unpaired) electrons. The molecule has 1 saturated carbocycles. The van der Waals surface area contributed by atoms with Crippen LogP contribution in [-0.2, 0) is 0 Å². The molecule has 5 heteroatoms. The lowest BCUT2D eigenvalue weighted by molar-refractivity contribution is 0.0674. The van der Waals surface area contributed by atoms with E-state index in [0.717, 1.165) is 65.7 Å². The molecule has 1 amide bonds. The highest BCUT2D eigenvalue weighted by molar-refractivity contribution is 6.08. The van der Waals surface area contributed by atoms with E-state index in [1.165, 1.54) is 12.8 Å². The van der Waals surface area contributed by atoms with E-state index in [-0.39, 0.29) is 18.3 Å². The van der Waals surface area contributed by atoms with Crippen molar-refractivity contribution in [1.29, 1.82) is 0 Å². The first-order chi connectivity index (χ1) is 13.2. The summed E-state index contributed by atoms with van der Waals surface area (Å²) in [5.41, 5.74) is 1.78. The Labute approximate surface area is 171 Å². The summed E-state index contributed by atoms with van der Waals surface area (Å²) in [6, 6.07) is 12.9. The van der Waals surface area contributed by atoms with Crippen LogP contribution in [0.2, 0.25) is 0 Å². The van der Waals surface area contributed by atoms with Gasteiger partial charge in [-0.15, -0.1) is 12.4 Å². The van der Waals surface area contributed by atoms with E-state index in [2.05, 4.69) is 29.6 Å². The molecule has 1 N–H and O–H groups in total. The fourth-order valence-corrected chi connectivity index (χ4v) is 4.24. The molecule has 2 aliphatic rings. The molecule has 0 unspecified atom stereocenters. The number of benzene rings is 2. The lowest BCUT2D eigenvalue weighted by atomic mass is 10.0. The van der Waals surface area contributed by atoms with Crippen LogP contribution in [0.5, 0.6) is 0 Å². The Morgan fingerprint density at radius 3 is 2.57 bits per heavy atom. The van der Waals surface area contributed by atoms with Crippen LogP contribution in [-0.4, -0.2) is 36.5 Å². The minimum absolute atomic E-state index is 0. The number of piperidine rings is 1. The first kappa shape index (κ1) is 19.3. The smallest absolute Gasteiger partial charge is 0.289 e. The number of nitrogens with zero attached hydrogens (tertiary/aromatic N) is 1. The van der Waals surface area contributed by atoms with Crippen molar-refractivity contribution in [3.05, 3.63) is 47.7 Å². The predicted molar refractivity (Wildman–Crippen MR) is 115 cm³/mol. The third-order valence-electron chi connectivity index (χ3n) is 6.20. The van der Waals surface area contributed by atoms with Gasteiger partial charge in [0.25, 0.3) is 5.91 Å². The Hall–Kier alpha value is -2.04. The van der Waals surface area contributed by atoms with Crippen molar-refractivity contribution in [2.45, 2.75) is 38.6 Å². The maximum Gasteiger partial charge on any atom is 0.289 e. The molecule has 148 valence electrons. The van der Waals surface area contributed by atoms with Crippen LogP contribution in [0, 0.1) is 12.8 Å². The zero-order valence-corrected chi connectivity index (χ0v) is 17.1. The number of likely N-dealkylation sites (tertiary alicyclic amines) is 1. The maximum absolute atomic E-state index is 13.1. The summed E-state index contributed by atoms with van der Waals surface area (Å²) in [6.45, 7) is 4.75. The van der Waals surface area contributed by atoms with Crippen molar-refractivity contribution in [3.63, 3.8) is 0 Å². The van der Waals surface area contributed by atoms with Crippen LogP contribution >= 0.6 is 12.4 Å². The lowest BCUT2D eigenvalue weighted by Gasteiger charge is -2.32. The molecule has 1 aliphatic carbocycles. The highest BCUT2D eigenvalue weighted by atomic mass is 35.5. The third kappa shape index (κ3) is 3.51. The summed E-state index contributed by atoms with van der Waals surface area (Å²) < 4.78 is 6.13. The van der Waals surface area contributed by atoms with E-state index in [1.54, 1.807) is 0 Å². The number of fused-ring (bicyclic) bond motifs is 3. The van der Waals surface area contributed by atoms with Crippen molar-refractivity contribution >= 4 is 40.1 Å². The highest BCUT2D eigenvalue weighted by Crippen LogP contribution is 2.33. The van der Waals surface area contributed by atoms with E-state index in [9.17, 15) is 4.79 Å². The summed E-state index contributed by atoms with van der Waals surface area (Å²) >= 11 is 0. The molecule has 1 saturated heterocycles. The van der Waals surface area contributed by atoms with Gasteiger partial charge in [-0.1, -0.05) is 36.4 Å². The van der Waals surface area contributed by atoms with Crippen LogP contribution in [0.15, 0.2) is 40.8 Å². The molecule has 3 aromatic rings. The number of carbonyl (C=O) groups excluding carboxylic acids is 1. The van der Waals surface area contributed by atoms with Crippen molar-refractivity contribution in [1.82, 2.24) is 10.2 Å². The number of carbonyl (C=O) groups is 1. The first-order valence-electron chi connectivity index (χ1n) is 10.1. The monoisotopic (exact) mass is 398 g/mol. The Bertz CT molecular complexity index is 1000. The van der Waals surface area contributed by atoms with E-state index in [0.29, 0.717) is 11.8 Å². The highest BCUT2D eigenvalue weighted by Gasteiger charge is 2.29. The van der Waals surface area contributed by atoms with Gasteiger partial charge in [-0.2, -0.15) is 0 Å². The van der Waals surface area contributed by atoms with Gasteiger partial charge in [-0.25, -0.2) is 0 Å². The van der Waals surface area contributed by atoms with Crippen molar-refractivity contribution < 1.29 is 9.21 Å². The summed E-state index contributed by atoms with van der Waals surface area (Å²) in [5.74, 6) is 1.44. The third-order valence-corrected chi connectivity index (χ3v) is 6.20. The number of hydrogen-bond donors (Lipinski definition) is 1. The number of aryl methyl sites for hydroxylation is 1. The van der Waals surface area contributed by atoms with E-state index >= 15 is 0 Å². The number of amides is 1. The molecular weight excluding hydrogens is 372 g/mol. The number of nitrogens with one attached hydrogen (secondary N) is 1. The van der Waals surface area contributed by atoms with Crippen LogP contribution in [0.3, 0.4) is 0 Å². The number of rotatable bonds is 4. The van der Waals surface area contributed by atoms with Crippen molar-refractivity contribution in [2.75, 3.05) is 19.6 Å². The fourth-order valence-electron chi connectivity index (χ4n) is 4.24. The van der Waals surface area contributed by atoms with Crippen LogP contribution < -0.4 is 5.32 Å². The van der Waals surface area contributed by atoms with Gasteiger partial charge in [0.1, 0.15) is 5.58 Å². The minimum atomic E-state index is 0. The minimum Gasteiger partial charge on any atom is -0.450 e. The van der Waals surface area contributed by atoms with Gasteiger partial charge < -0.3 is 14.6 Å². The summed E-state index contributed by atoms with van der Waals surface area (Å²) in [4.78, 5) is 15.1. The van der Waals surface area contributed by atoms with Gasteiger partial charge in [0, 0.05) is 35.5 Å². The summed E-state index contributed by atoms with van der Waals surface area (Å²) in [7, 11) is 0. The molecule has 28 heavy (non-hydrogen) atoms. The molecule has 2 aromatic carbocycles. The van der Waals surface area contributed by atoms with E-state index in [4.69, 9.17) is 4.42 Å². The van der Waals surface area contributed by atoms with Gasteiger partial charge in [0.05, 0.1) is 0 Å². The normalized spacial score (nSPS) is 17.8. The second kappa shape index (κ2) is 7.76. The topological polar surface area (TPSA) is 45.5 Å². The quantitative estimate of drug-likeness (QED) is 0.678. The average molecular weight is 399 g/mol. The van der Waals surface area contributed by atoms with E-state index in [1.807, 2.05) is 24.0 Å². The number of halogens is 1. The van der Waals surface area contributed by atoms with Crippen molar-refractivity contribution in [3.8, 4) is 0 Å². The molecule has 2 fully saturated rings. The largest absolute Gasteiger partial charge is 0.450 e. The van der Waals surface area contributed by atoms with Crippen molar-refractivity contribution in [2.24, 2.45) is 5.92 Å². The predicted octanol–water partition coefficient (Wildman–Crippen LogP) is 4.92. The molecule has 1 aliphatic heterocycles. The number of furan rings is 1. The molecule has 1 aromatic heterocycles. The molecule has 5 rings (SSSR count). The van der Waals surface area contributed by atoms with Gasteiger partial charge in [-0.05, 0) is 50.5 Å². The standard InChI is InChI=1S/C23H26N2O2.ClH/c1-15-19-9-8-17-4-2-3-5-20(17)22(19)27-21(15)23(26)25-12-10-18(11-13-25)24-14-16-6-7-16;/h2-5,8-9,16,18,24H,6-7,10-14H2,1H3;1H. The first-order valence-corrected chi connectivity index (χ1v) is 10.1. The summed E-state index contributed by atoms with van der Waals surface area (Å²) in [6.07, 6.45) is 4.82. The Kier molecular flexibility index (Phi) is 5.35. The fraction of sp³-hybridized carbons (Fsp3) is 0.435. The Morgan fingerprint density at radius 2 is 1.82 bits per heavy atom. The zero-order chi connectivity index (χ0) is 18.4. The Balaban J connectivity index is 0.00000192. The van der Waals surface area contributed by atoms with Gasteiger partial charge in [-0.3, -0.25) is 4.79 Å². The zero-order valence-electron chi connectivity index (χ0n) is 16.2. The van der Waals surface area contributed by atoms with E-state index < -0.39 is 0 Å². The maximum atomic E-state index is 13.1. The second-order valence-electron chi connectivity index (χ2n) is 8.14. The molecule has 4 nitrogen and oxygen atoms in total. The van der Waals surface area contributed by atoms with Gasteiger partial charge in [0.15, 0.2) is 5.76 Å². The second-order valence-corrected chi connectivity index (χ2v) is 8.14. The molecule has 0 bridgehead atoms. The SMILES string of the molecule is Cc1c(C(=O)N2CCC(NCC3CC3)CC2)oc2c1ccc1ccccc12.Cl.